The maximum Gasteiger partial charge on any atom is 0.140 e. The van der Waals surface area contributed by atoms with E-state index in [4.69, 9.17) is 5.26 Å². The van der Waals surface area contributed by atoms with Crippen molar-refractivity contribution in [1.82, 2.24) is 0 Å². The number of hydrogen-bond donors (Lipinski definition) is 1. The Hall–Kier alpha value is -1.01. The van der Waals surface area contributed by atoms with Crippen molar-refractivity contribution in [3.05, 3.63) is 35.1 Å². The van der Waals surface area contributed by atoms with E-state index < -0.39 is 5.82 Å². The Kier molecular flexibility index (Phi) is 2.72. The van der Waals surface area contributed by atoms with E-state index in [-0.39, 0.29) is 10.8 Å². The van der Waals surface area contributed by atoms with E-state index in [2.05, 4.69) is 12.6 Å². The molecular weight excluding hydrogens is 173 g/mol. The molecule has 1 aromatic carbocycles. The molecule has 3 heteroatoms. The second kappa shape index (κ2) is 3.59. The molecule has 1 atom stereocenters. The third-order valence-electron chi connectivity index (χ3n) is 1.59. The van der Waals surface area contributed by atoms with Gasteiger partial charge in [0.15, 0.2) is 0 Å². The van der Waals surface area contributed by atoms with Gasteiger partial charge < -0.3 is 0 Å². The molecule has 0 spiro atoms. The van der Waals surface area contributed by atoms with Gasteiger partial charge in [-0.05, 0) is 24.6 Å². The zero-order valence-corrected chi connectivity index (χ0v) is 7.48. The van der Waals surface area contributed by atoms with Crippen LogP contribution in [-0.2, 0) is 0 Å². The third-order valence-corrected chi connectivity index (χ3v) is 1.89. The molecule has 12 heavy (non-hydrogen) atoms. The van der Waals surface area contributed by atoms with Crippen molar-refractivity contribution in [3.63, 3.8) is 0 Å². The molecule has 0 aliphatic carbocycles. The van der Waals surface area contributed by atoms with Gasteiger partial charge in [-0.2, -0.15) is 17.9 Å². The summed E-state index contributed by atoms with van der Waals surface area (Å²) in [5, 5.41) is 8.54. The number of nitriles is 1. The fourth-order valence-electron chi connectivity index (χ4n) is 0.888. The van der Waals surface area contributed by atoms with Gasteiger partial charge in [-0.25, -0.2) is 4.39 Å². The number of benzene rings is 1. The van der Waals surface area contributed by atoms with Crippen molar-refractivity contribution < 1.29 is 4.39 Å². The van der Waals surface area contributed by atoms with Gasteiger partial charge >= 0.3 is 0 Å². The van der Waals surface area contributed by atoms with Gasteiger partial charge in [0.2, 0.25) is 0 Å². The van der Waals surface area contributed by atoms with Gasteiger partial charge in [-0.15, -0.1) is 0 Å². The van der Waals surface area contributed by atoms with Crippen molar-refractivity contribution in [2.75, 3.05) is 0 Å². The molecule has 0 N–H and O–H groups in total. The van der Waals surface area contributed by atoms with Crippen LogP contribution in [0.2, 0.25) is 0 Å². The van der Waals surface area contributed by atoms with Crippen molar-refractivity contribution in [3.8, 4) is 6.07 Å². The topological polar surface area (TPSA) is 23.8 Å². The van der Waals surface area contributed by atoms with Crippen LogP contribution in [0.5, 0.6) is 0 Å². The molecule has 0 amide bonds. The van der Waals surface area contributed by atoms with E-state index in [1.54, 1.807) is 12.1 Å². The van der Waals surface area contributed by atoms with Crippen LogP contribution in [0.15, 0.2) is 18.2 Å². The van der Waals surface area contributed by atoms with Crippen LogP contribution >= 0.6 is 12.6 Å². The molecule has 0 saturated heterocycles. The van der Waals surface area contributed by atoms with E-state index in [1.807, 2.05) is 6.92 Å². The predicted molar refractivity (Wildman–Crippen MR) is 48.5 cm³/mol. The summed E-state index contributed by atoms with van der Waals surface area (Å²) in [7, 11) is 0. The fraction of sp³-hybridized carbons (Fsp3) is 0.222. The molecule has 0 saturated carbocycles. The van der Waals surface area contributed by atoms with Crippen LogP contribution in [-0.4, -0.2) is 0 Å². The van der Waals surface area contributed by atoms with E-state index in [0.29, 0.717) is 0 Å². The normalized spacial score (nSPS) is 12.2. The molecule has 0 bridgehead atoms. The summed E-state index contributed by atoms with van der Waals surface area (Å²) < 4.78 is 12.8. The third kappa shape index (κ3) is 1.77. The lowest BCUT2D eigenvalue weighted by Gasteiger charge is -2.04. The first-order valence-corrected chi connectivity index (χ1v) is 4.04. The Morgan fingerprint density at radius 3 is 2.75 bits per heavy atom. The van der Waals surface area contributed by atoms with Crippen LogP contribution < -0.4 is 0 Å². The summed E-state index contributed by atoms with van der Waals surface area (Å²) >= 11 is 4.18. The highest BCUT2D eigenvalue weighted by molar-refractivity contribution is 7.80. The number of halogens is 1. The number of rotatable bonds is 1. The molecule has 0 heterocycles. The highest BCUT2D eigenvalue weighted by atomic mass is 32.1. The molecule has 0 aliphatic heterocycles. The lowest BCUT2D eigenvalue weighted by molar-refractivity contribution is 0.623. The number of hydrogen-bond acceptors (Lipinski definition) is 2. The maximum absolute atomic E-state index is 12.8. The molecule has 1 rings (SSSR count). The maximum atomic E-state index is 12.8. The minimum Gasteiger partial charge on any atom is -0.206 e. The molecule has 0 radical (unpaired) electrons. The van der Waals surface area contributed by atoms with E-state index in [9.17, 15) is 4.39 Å². The molecule has 0 aliphatic rings. The van der Waals surface area contributed by atoms with Gasteiger partial charge in [0, 0.05) is 5.25 Å². The van der Waals surface area contributed by atoms with Crippen molar-refractivity contribution in [2.45, 2.75) is 12.2 Å². The molecule has 1 unspecified atom stereocenters. The van der Waals surface area contributed by atoms with E-state index in [1.165, 1.54) is 12.1 Å². The van der Waals surface area contributed by atoms with Crippen molar-refractivity contribution >= 4 is 12.6 Å². The molecule has 0 fully saturated rings. The van der Waals surface area contributed by atoms with Crippen LogP contribution in [0.4, 0.5) is 4.39 Å². The van der Waals surface area contributed by atoms with Gasteiger partial charge in [0.05, 0.1) is 5.56 Å². The monoisotopic (exact) mass is 181 g/mol. The standard InChI is InChI=1S/C9H8FNS/c1-6(12)7-2-3-9(10)8(4-7)5-11/h2-4,6,12H,1H3. The van der Waals surface area contributed by atoms with Crippen LogP contribution in [0.25, 0.3) is 0 Å². The molecule has 62 valence electrons. The zero-order valence-electron chi connectivity index (χ0n) is 6.58. The average molecular weight is 181 g/mol. The summed E-state index contributed by atoms with van der Waals surface area (Å²) in [6.45, 7) is 1.87. The molecular formula is C9H8FNS. The summed E-state index contributed by atoms with van der Waals surface area (Å²) in [4.78, 5) is 0. The van der Waals surface area contributed by atoms with Crippen LogP contribution in [0.3, 0.4) is 0 Å². The van der Waals surface area contributed by atoms with E-state index in [0.717, 1.165) is 5.56 Å². The van der Waals surface area contributed by atoms with Gasteiger partial charge in [0.1, 0.15) is 11.9 Å². The SMILES string of the molecule is CC(S)c1ccc(F)c(C#N)c1. The second-order valence-electron chi connectivity index (χ2n) is 2.53. The Labute approximate surface area is 76.2 Å². The Balaban J connectivity index is 3.16. The number of nitrogens with zero attached hydrogens (tertiary/aromatic N) is 1. The largest absolute Gasteiger partial charge is 0.206 e. The van der Waals surface area contributed by atoms with Crippen LogP contribution in [0.1, 0.15) is 23.3 Å². The number of thiol groups is 1. The van der Waals surface area contributed by atoms with Gasteiger partial charge in [0.25, 0.3) is 0 Å². The van der Waals surface area contributed by atoms with Crippen LogP contribution in [0, 0.1) is 17.1 Å². The first-order valence-electron chi connectivity index (χ1n) is 3.52. The first-order chi connectivity index (χ1) is 5.65. The smallest absolute Gasteiger partial charge is 0.140 e. The average Bonchev–Trinajstić information content (AvgIpc) is 2.05. The predicted octanol–water partition coefficient (Wildman–Crippen LogP) is 2.69. The van der Waals surface area contributed by atoms with Gasteiger partial charge in [-0.3, -0.25) is 0 Å². The highest BCUT2D eigenvalue weighted by Crippen LogP contribution is 2.20. The Bertz CT molecular complexity index is 328. The fourth-order valence-corrected chi connectivity index (χ4v) is 1.05. The minimum absolute atomic E-state index is 0.0256. The first kappa shape index (κ1) is 9.08. The summed E-state index contributed by atoms with van der Waals surface area (Å²) in [6, 6.07) is 6.23. The molecule has 1 aromatic rings. The lowest BCUT2D eigenvalue weighted by Crippen LogP contribution is -1.89. The Morgan fingerprint density at radius 2 is 2.25 bits per heavy atom. The molecule has 1 nitrogen and oxygen atoms in total. The quantitative estimate of drug-likeness (QED) is 0.661. The molecule has 0 aromatic heterocycles. The highest BCUT2D eigenvalue weighted by Gasteiger charge is 2.04. The minimum atomic E-state index is -0.477. The van der Waals surface area contributed by atoms with Crippen molar-refractivity contribution in [2.24, 2.45) is 0 Å². The van der Waals surface area contributed by atoms with E-state index >= 15 is 0 Å². The zero-order chi connectivity index (χ0) is 9.14. The summed E-state index contributed by atoms with van der Waals surface area (Å²) in [5.41, 5.74) is 0.935. The summed E-state index contributed by atoms with van der Waals surface area (Å²) in [5.74, 6) is -0.477. The lowest BCUT2D eigenvalue weighted by atomic mass is 10.1. The Morgan fingerprint density at radius 1 is 1.58 bits per heavy atom. The van der Waals surface area contributed by atoms with Crippen molar-refractivity contribution in [1.29, 1.82) is 5.26 Å². The summed E-state index contributed by atoms with van der Waals surface area (Å²) in [6.07, 6.45) is 0. The second-order valence-corrected chi connectivity index (χ2v) is 3.30. The van der Waals surface area contributed by atoms with Gasteiger partial charge in [-0.1, -0.05) is 6.07 Å².